The van der Waals surface area contributed by atoms with Crippen LogP contribution in [0.1, 0.15) is 41.7 Å². The molecule has 1 atom stereocenters. The van der Waals surface area contributed by atoms with E-state index in [0.29, 0.717) is 0 Å². The fourth-order valence-corrected chi connectivity index (χ4v) is 2.36. The fourth-order valence-electron chi connectivity index (χ4n) is 2.36. The summed E-state index contributed by atoms with van der Waals surface area (Å²) in [5, 5.41) is 10.3. The van der Waals surface area contributed by atoms with Gasteiger partial charge >= 0.3 is 0 Å². The fraction of sp³-hybridized carbons (Fsp3) is 0.333. The lowest BCUT2D eigenvalue weighted by Gasteiger charge is -2.12. The molecule has 19 heavy (non-hydrogen) atoms. The lowest BCUT2D eigenvalue weighted by Crippen LogP contribution is -2.00. The van der Waals surface area contributed by atoms with Gasteiger partial charge in [-0.3, -0.25) is 0 Å². The number of benzene rings is 2. The van der Waals surface area contributed by atoms with Crippen LogP contribution in [0.5, 0.6) is 0 Å². The second-order valence-corrected chi connectivity index (χ2v) is 5.14. The van der Waals surface area contributed by atoms with Crippen LogP contribution >= 0.6 is 0 Å². The summed E-state index contributed by atoms with van der Waals surface area (Å²) in [6, 6.07) is 16.8. The molecule has 0 bridgehead atoms. The second-order valence-electron chi connectivity index (χ2n) is 5.14. The molecule has 2 rings (SSSR count). The highest BCUT2D eigenvalue weighted by atomic mass is 16.3. The normalized spacial score (nSPS) is 12.4. The van der Waals surface area contributed by atoms with Gasteiger partial charge in [0, 0.05) is 0 Å². The molecule has 0 aromatic heterocycles. The minimum Gasteiger partial charge on any atom is -0.388 e. The molecule has 0 saturated heterocycles. The topological polar surface area (TPSA) is 20.2 Å². The molecule has 0 amide bonds. The molecule has 1 unspecified atom stereocenters. The first kappa shape index (κ1) is 13.8. The van der Waals surface area contributed by atoms with Crippen molar-refractivity contribution in [1.82, 2.24) is 0 Å². The van der Waals surface area contributed by atoms with Crippen LogP contribution in [-0.2, 0) is 12.8 Å². The predicted molar refractivity (Wildman–Crippen MR) is 80.3 cm³/mol. The third-order valence-electron chi connectivity index (χ3n) is 3.53. The van der Waals surface area contributed by atoms with E-state index < -0.39 is 0 Å². The Kier molecular flexibility index (Phi) is 4.75. The Morgan fingerprint density at radius 3 is 2.47 bits per heavy atom. The Morgan fingerprint density at radius 1 is 1.00 bits per heavy atom. The summed E-state index contributed by atoms with van der Waals surface area (Å²) < 4.78 is 0. The van der Waals surface area contributed by atoms with E-state index in [-0.39, 0.29) is 6.10 Å². The van der Waals surface area contributed by atoms with Gasteiger partial charge in [0.25, 0.3) is 0 Å². The quantitative estimate of drug-likeness (QED) is 0.847. The molecule has 1 nitrogen and oxygen atoms in total. The molecule has 0 aliphatic carbocycles. The van der Waals surface area contributed by atoms with Crippen LogP contribution in [0, 0.1) is 6.92 Å². The van der Waals surface area contributed by atoms with Gasteiger partial charge in [-0.25, -0.2) is 0 Å². The number of rotatable bonds is 5. The van der Waals surface area contributed by atoms with E-state index in [9.17, 15) is 5.11 Å². The predicted octanol–water partition coefficient (Wildman–Crippen LogP) is 4.22. The Hall–Kier alpha value is -1.60. The first-order chi connectivity index (χ1) is 9.19. The van der Waals surface area contributed by atoms with Gasteiger partial charge in [0.05, 0.1) is 6.10 Å². The maximum atomic E-state index is 10.3. The molecule has 1 heteroatoms. The van der Waals surface area contributed by atoms with Crippen molar-refractivity contribution in [2.75, 3.05) is 0 Å². The number of aliphatic hydroxyl groups excluding tert-OH is 1. The molecular weight excluding hydrogens is 232 g/mol. The highest BCUT2D eigenvalue weighted by molar-refractivity contribution is 5.26. The van der Waals surface area contributed by atoms with E-state index in [2.05, 4.69) is 50.2 Å². The molecule has 2 aromatic carbocycles. The average Bonchev–Trinajstić information content (AvgIpc) is 2.45. The van der Waals surface area contributed by atoms with Crippen LogP contribution in [-0.4, -0.2) is 5.11 Å². The summed E-state index contributed by atoms with van der Waals surface area (Å²) in [7, 11) is 0. The van der Waals surface area contributed by atoms with Crippen LogP contribution in [0.4, 0.5) is 0 Å². The van der Waals surface area contributed by atoms with Gasteiger partial charge in [-0.1, -0.05) is 61.0 Å². The zero-order valence-electron chi connectivity index (χ0n) is 11.8. The average molecular weight is 254 g/mol. The Balaban J connectivity index is 1.99. The van der Waals surface area contributed by atoms with Gasteiger partial charge in [-0.2, -0.15) is 0 Å². The molecule has 0 heterocycles. The van der Waals surface area contributed by atoms with E-state index >= 15 is 0 Å². The van der Waals surface area contributed by atoms with Crippen molar-refractivity contribution < 1.29 is 5.11 Å². The molecule has 0 radical (unpaired) electrons. The number of aliphatic hydroxyl groups is 1. The Morgan fingerprint density at radius 2 is 1.74 bits per heavy atom. The van der Waals surface area contributed by atoms with Crippen molar-refractivity contribution in [2.45, 2.75) is 39.2 Å². The van der Waals surface area contributed by atoms with Crippen LogP contribution in [0.2, 0.25) is 0 Å². The van der Waals surface area contributed by atoms with Crippen molar-refractivity contribution in [3.8, 4) is 0 Å². The van der Waals surface area contributed by atoms with Crippen LogP contribution < -0.4 is 0 Å². The zero-order chi connectivity index (χ0) is 13.7. The summed E-state index contributed by atoms with van der Waals surface area (Å²) in [5.41, 5.74) is 4.89. The van der Waals surface area contributed by atoms with E-state index in [1.807, 2.05) is 12.1 Å². The summed E-state index contributed by atoms with van der Waals surface area (Å²) in [6.07, 6.45) is 2.33. The molecule has 1 N–H and O–H groups in total. The van der Waals surface area contributed by atoms with Gasteiger partial charge in [0.15, 0.2) is 0 Å². The molecule has 0 aliphatic heterocycles. The maximum absolute atomic E-state index is 10.3. The first-order valence-electron chi connectivity index (χ1n) is 7.01. The third-order valence-corrected chi connectivity index (χ3v) is 3.53. The number of hydrogen-bond acceptors (Lipinski definition) is 1. The SMILES string of the molecule is CCc1cccc(C(O)CCc2cccc(C)c2)c1. The Labute approximate surface area is 115 Å². The van der Waals surface area contributed by atoms with E-state index in [1.54, 1.807) is 0 Å². The summed E-state index contributed by atoms with van der Waals surface area (Å²) >= 11 is 0. The molecule has 2 aromatic rings. The Bertz CT molecular complexity index is 531. The van der Waals surface area contributed by atoms with Crippen molar-refractivity contribution in [3.63, 3.8) is 0 Å². The van der Waals surface area contributed by atoms with Gasteiger partial charge in [0.1, 0.15) is 0 Å². The van der Waals surface area contributed by atoms with Gasteiger partial charge in [0.2, 0.25) is 0 Å². The van der Waals surface area contributed by atoms with E-state index in [4.69, 9.17) is 0 Å². The smallest absolute Gasteiger partial charge is 0.0793 e. The highest BCUT2D eigenvalue weighted by Gasteiger charge is 2.08. The van der Waals surface area contributed by atoms with Crippen molar-refractivity contribution in [2.24, 2.45) is 0 Å². The zero-order valence-corrected chi connectivity index (χ0v) is 11.8. The number of aryl methyl sites for hydroxylation is 3. The standard InChI is InChI=1S/C18H22O/c1-3-15-7-5-9-17(13-15)18(19)11-10-16-8-4-6-14(2)12-16/h4-9,12-13,18-19H,3,10-11H2,1-2H3. The largest absolute Gasteiger partial charge is 0.388 e. The van der Waals surface area contributed by atoms with Gasteiger partial charge in [-0.05, 0) is 42.9 Å². The van der Waals surface area contributed by atoms with Crippen LogP contribution in [0.25, 0.3) is 0 Å². The van der Waals surface area contributed by atoms with E-state index in [0.717, 1.165) is 24.8 Å². The van der Waals surface area contributed by atoms with Crippen molar-refractivity contribution in [3.05, 3.63) is 70.8 Å². The molecule has 0 fully saturated rings. The molecule has 0 aliphatic rings. The lowest BCUT2D eigenvalue weighted by atomic mass is 9.98. The minimum atomic E-state index is -0.369. The lowest BCUT2D eigenvalue weighted by molar-refractivity contribution is 0.168. The molecule has 100 valence electrons. The highest BCUT2D eigenvalue weighted by Crippen LogP contribution is 2.20. The first-order valence-corrected chi connectivity index (χ1v) is 7.01. The summed E-state index contributed by atoms with van der Waals surface area (Å²) in [5.74, 6) is 0. The molecular formula is C18H22O. The summed E-state index contributed by atoms with van der Waals surface area (Å²) in [4.78, 5) is 0. The van der Waals surface area contributed by atoms with Crippen LogP contribution in [0.3, 0.4) is 0 Å². The monoisotopic (exact) mass is 254 g/mol. The van der Waals surface area contributed by atoms with Crippen molar-refractivity contribution in [1.29, 1.82) is 0 Å². The third kappa shape index (κ3) is 3.93. The molecule has 0 saturated carbocycles. The number of hydrogen-bond donors (Lipinski definition) is 1. The van der Waals surface area contributed by atoms with Crippen molar-refractivity contribution >= 4 is 0 Å². The summed E-state index contributed by atoms with van der Waals surface area (Å²) in [6.45, 7) is 4.24. The molecule has 0 spiro atoms. The minimum absolute atomic E-state index is 0.369. The maximum Gasteiger partial charge on any atom is 0.0793 e. The van der Waals surface area contributed by atoms with Gasteiger partial charge < -0.3 is 5.11 Å². The second kappa shape index (κ2) is 6.53. The van der Waals surface area contributed by atoms with Crippen LogP contribution in [0.15, 0.2) is 48.5 Å². The van der Waals surface area contributed by atoms with Gasteiger partial charge in [-0.15, -0.1) is 0 Å². The van der Waals surface area contributed by atoms with E-state index in [1.165, 1.54) is 16.7 Å².